The summed E-state index contributed by atoms with van der Waals surface area (Å²) in [5, 5.41) is 15.9. The van der Waals surface area contributed by atoms with E-state index in [1.807, 2.05) is 45.9 Å². The molecule has 17 nitrogen and oxygen atoms in total. The Morgan fingerprint density at radius 3 is 2.31 bits per heavy atom. The molecule has 4 saturated heterocycles. The van der Waals surface area contributed by atoms with Crippen molar-refractivity contribution >= 4 is 18.0 Å². The monoisotopic (exact) mass is 986 g/mol. The highest BCUT2D eigenvalue weighted by Gasteiger charge is 2.61. The van der Waals surface area contributed by atoms with Crippen molar-refractivity contribution in [3.63, 3.8) is 0 Å². The lowest BCUT2D eigenvalue weighted by Gasteiger charge is -2.48. The molecular weight excluding hydrogens is 907 g/mol. The summed E-state index contributed by atoms with van der Waals surface area (Å²) in [4.78, 5) is 39.3. The lowest BCUT2D eigenvalue weighted by Crippen LogP contribution is -2.59. The fourth-order valence-electron chi connectivity index (χ4n) is 11.4. The molecule has 1 amide bonds. The van der Waals surface area contributed by atoms with Crippen molar-refractivity contribution in [3.05, 3.63) is 59.3 Å². The van der Waals surface area contributed by atoms with Crippen molar-refractivity contribution in [1.29, 1.82) is 0 Å². The number of carbonyl (C=O) groups excluding carboxylic acids is 3. The molecule has 1 aliphatic carbocycles. The molecule has 392 valence electrons. The normalized spacial score (nSPS) is 44.6. The summed E-state index contributed by atoms with van der Waals surface area (Å²) in [7, 11) is 3.26. The second-order valence-corrected chi connectivity index (χ2v) is 20.5. The Morgan fingerprint density at radius 2 is 1.61 bits per heavy atom. The molecule has 6 heterocycles. The molecule has 0 aromatic carbocycles. The number of fused-ring (bicyclic) bond motifs is 2. The number of rotatable bonds is 11. The number of aliphatic hydroxyl groups is 1. The van der Waals surface area contributed by atoms with Crippen LogP contribution in [0.25, 0.3) is 0 Å². The third-order valence-electron chi connectivity index (χ3n) is 15.4. The molecule has 2 N–H and O–H groups in total. The number of allylic oxidation sites excluding steroid dienone is 2. The van der Waals surface area contributed by atoms with E-state index >= 15 is 0 Å². The van der Waals surface area contributed by atoms with Crippen LogP contribution in [-0.2, 0) is 66.4 Å². The zero-order valence-corrected chi connectivity index (χ0v) is 43.2. The van der Waals surface area contributed by atoms with Gasteiger partial charge in [0.05, 0.1) is 62.0 Å². The fraction of sp³-hybridized carbons (Fsp3) is 0.755. The van der Waals surface area contributed by atoms with Crippen LogP contribution in [0.2, 0.25) is 0 Å². The van der Waals surface area contributed by atoms with Gasteiger partial charge < -0.3 is 67.3 Å². The molecule has 2 bridgehead atoms. The Hall–Kier alpha value is -3.49. The van der Waals surface area contributed by atoms with Crippen molar-refractivity contribution in [3.8, 4) is 0 Å². The third-order valence-corrected chi connectivity index (χ3v) is 15.4. The Bertz CT molecular complexity index is 2000. The van der Waals surface area contributed by atoms with Crippen LogP contribution < -0.4 is 5.32 Å². The van der Waals surface area contributed by atoms with Crippen LogP contribution >= 0.6 is 0 Å². The number of hydrogen-bond acceptors (Lipinski definition) is 16. The summed E-state index contributed by atoms with van der Waals surface area (Å²) in [5.74, 6) is -3.02. The molecule has 70 heavy (non-hydrogen) atoms. The molecule has 17 heteroatoms. The van der Waals surface area contributed by atoms with Crippen LogP contribution in [0.15, 0.2) is 59.3 Å². The van der Waals surface area contributed by atoms with Gasteiger partial charge in [0.15, 0.2) is 24.5 Å². The Balaban J connectivity index is 1.19. The number of hydrogen-bond donors (Lipinski definition) is 2. The van der Waals surface area contributed by atoms with Crippen molar-refractivity contribution < 1.29 is 76.3 Å². The van der Waals surface area contributed by atoms with Gasteiger partial charge in [-0.15, -0.1) is 0 Å². The van der Waals surface area contributed by atoms with Crippen molar-refractivity contribution in [1.82, 2.24) is 5.32 Å². The molecule has 1 spiro atoms. The maximum absolute atomic E-state index is 14.7. The minimum absolute atomic E-state index is 0.0368. The first-order chi connectivity index (χ1) is 33.3. The number of nitrogens with one attached hydrogen (secondary N) is 1. The van der Waals surface area contributed by atoms with Gasteiger partial charge in [-0.3, -0.25) is 9.59 Å². The van der Waals surface area contributed by atoms with E-state index in [-0.39, 0.29) is 67.6 Å². The number of amides is 1. The molecule has 0 saturated carbocycles. The van der Waals surface area contributed by atoms with Gasteiger partial charge in [-0.2, -0.15) is 0 Å². The maximum Gasteiger partial charge on any atom is 0.508 e. The summed E-state index contributed by atoms with van der Waals surface area (Å²) in [6, 6.07) is -0.327. The lowest BCUT2D eigenvalue weighted by molar-refractivity contribution is -0.311. The van der Waals surface area contributed by atoms with Gasteiger partial charge in [0.2, 0.25) is 5.91 Å². The number of esters is 1. The highest BCUT2D eigenvalue weighted by atomic mass is 16.7. The average molecular weight is 986 g/mol. The molecule has 7 aliphatic rings. The summed E-state index contributed by atoms with van der Waals surface area (Å²) < 4.78 is 75.7. The number of methoxy groups -OCH3 is 2. The van der Waals surface area contributed by atoms with Gasteiger partial charge in [-0.25, -0.2) is 4.79 Å². The van der Waals surface area contributed by atoms with Crippen LogP contribution in [-0.4, -0.2) is 148 Å². The topological polar surface area (TPSA) is 194 Å². The molecule has 0 aromatic heterocycles. The summed E-state index contributed by atoms with van der Waals surface area (Å²) in [6.45, 7) is 19.3. The van der Waals surface area contributed by atoms with Crippen molar-refractivity contribution in [2.24, 2.45) is 23.7 Å². The Morgan fingerprint density at radius 1 is 0.900 bits per heavy atom. The van der Waals surface area contributed by atoms with E-state index in [2.05, 4.69) is 38.2 Å². The van der Waals surface area contributed by atoms with Crippen LogP contribution in [0.1, 0.15) is 108 Å². The minimum atomic E-state index is -1.94. The van der Waals surface area contributed by atoms with E-state index in [0.717, 1.165) is 12.0 Å². The van der Waals surface area contributed by atoms with E-state index in [4.69, 9.17) is 56.8 Å². The smallest absolute Gasteiger partial charge is 0.462 e. The van der Waals surface area contributed by atoms with Crippen LogP contribution in [0, 0.1) is 23.7 Å². The highest BCUT2D eigenvalue weighted by molar-refractivity contribution is 5.79. The van der Waals surface area contributed by atoms with Gasteiger partial charge in [-0.05, 0) is 69.8 Å². The first kappa shape index (κ1) is 54.3. The van der Waals surface area contributed by atoms with Gasteiger partial charge in [0.1, 0.15) is 29.8 Å². The van der Waals surface area contributed by atoms with Crippen LogP contribution in [0.3, 0.4) is 0 Å². The summed E-state index contributed by atoms with van der Waals surface area (Å²) in [6.07, 6.45) is 8.02. The average Bonchev–Trinajstić information content (AvgIpc) is 3.65. The van der Waals surface area contributed by atoms with Gasteiger partial charge in [-0.1, -0.05) is 70.6 Å². The predicted molar refractivity (Wildman–Crippen MR) is 255 cm³/mol. The first-order valence-electron chi connectivity index (χ1n) is 25.4. The second-order valence-electron chi connectivity index (χ2n) is 20.5. The molecule has 7 rings (SSSR count). The molecular formula is C53H79NO16. The fourth-order valence-corrected chi connectivity index (χ4v) is 11.4. The summed E-state index contributed by atoms with van der Waals surface area (Å²) in [5.41, 5.74) is -0.0645. The highest BCUT2D eigenvalue weighted by Crippen LogP contribution is 2.48. The van der Waals surface area contributed by atoms with E-state index in [9.17, 15) is 19.5 Å². The predicted octanol–water partition coefficient (Wildman–Crippen LogP) is 6.70. The second kappa shape index (κ2) is 23.2. The number of carbonyl (C=O) groups is 3. The molecule has 1 unspecified atom stereocenters. The standard InChI is InChI=1S/C53H79NO16/c1-13-28(3)46-31(6)20-21-52(70-46)26-38-23-37(69-52)19-18-30(5)45(66-43-25-41(60-12)48(34(9)64-43)67-42-24-40(59-11)44(33(8)63-42)54-35(10)55)29(4)16-15-17-36-27-62-49-47(68-51(57)61-14-2)32(7)22-39(50(56)65-38)53(36,49)58/h15-18,20-22,28-29,31,33-34,37-49,58H,13-14,19,23-27H2,1-12H3,(H,54,55)/b16-15+,30-18+,36-17+/t28-,29-,31-,33-,34-,37+,38-,39-,40-,41-,42-,43-,44-,45-,46+,47+,48-,49+,52?,53+/m0/s1. The minimum Gasteiger partial charge on any atom is -0.462 e. The van der Waals surface area contributed by atoms with Gasteiger partial charge in [0, 0.05) is 58.7 Å². The lowest BCUT2D eigenvalue weighted by atomic mass is 9.70. The van der Waals surface area contributed by atoms with E-state index in [1.54, 1.807) is 40.2 Å². The van der Waals surface area contributed by atoms with Crippen molar-refractivity contribution in [2.45, 2.75) is 205 Å². The molecule has 20 atom stereocenters. The molecule has 0 radical (unpaired) electrons. The zero-order chi connectivity index (χ0) is 50.7. The van der Waals surface area contributed by atoms with Crippen LogP contribution in [0.4, 0.5) is 4.79 Å². The third kappa shape index (κ3) is 11.8. The van der Waals surface area contributed by atoms with E-state index in [1.165, 1.54) is 6.92 Å². The molecule has 0 aromatic rings. The SMILES string of the molecule is CCOC(=O)O[C@@H]1C(C)=C[C@H]2C(=O)O[C@H]3C[C@@H](C/C=C(\C)[C@@H](O[C@H]4C[C@H](OC)[C@@H](O[C@H]5C[C@H](OC)[C@@H](NC(C)=O)[C@H](C)O5)[C@H](C)O4)[C@@H](C)/C=C/C=C4\CO[C@H]1[C@@]42O)OC1(C=C[C@H](C)[C@@H]([C@@H](C)CC)O1)C3. The Labute approximate surface area is 413 Å². The van der Waals surface area contributed by atoms with E-state index in [0.29, 0.717) is 36.8 Å². The quantitative estimate of drug-likeness (QED) is 0.164. The Kier molecular flexibility index (Phi) is 18.0. The van der Waals surface area contributed by atoms with Gasteiger partial charge in [0.25, 0.3) is 0 Å². The van der Waals surface area contributed by atoms with Crippen LogP contribution in [0.5, 0.6) is 0 Å². The maximum atomic E-state index is 14.7. The van der Waals surface area contributed by atoms with E-state index < -0.39 is 90.8 Å². The summed E-state index contributed by atoms with van der Waals surface area (Å²) >= 11 is 0. The zero-order valence-electron chi connectivity index (χ0n) is 43.2. The van der Waals surface area contributed by atoms with Crippen molar-refractivity contribution in [2.75, 3.05) is 27.4 Å². The largest absolute Gasteiger partial charge is 0.508 e. The van der Waals surface area contributed by atoms with Gasteiger partial charge >= 0.3 is 12.1 Å². The first-order valence-corrected chi connectivity index (χ1v) is 25.4. The molecule has 6 aliphatic heterocycles. The molecule has 4 fully saturated rings. The number of ether oxygens (including phenoxy) is 12.